The number of quaternary nitrogens is 1. The number of phenols is 1. The first-order valence-electron chi connectivity index (χ1n) is 10.1. The predicted octanol–water partition coefficient (Wildman–Crippen LogP) is 1.49. The van der Waals surface area contributed by atoms with Gasteiger partial charge in [-0.3, -0.25) is 0 Å². The lowest BCUT2D eigenvalue weighted by atomic mass is 9.83. The molecule has 1 atom stereocenters. The van der Waals surface area contributed by atoms with Gasteiger partial charge in [-0.1, -0.05) is 29.2 Å². The fourth-order valence-corrected chi connectivity index (χ4v) is 3.99. The van der Waals surface area contributed by atoms with Crippen LogP contribution in [0.4, 0.5) is 5.82 Å². The zero-order chi connectivity index (χ0) is 21.3. The van der Waals surface area contributed by atoms with Crippen LogP contribution in [0, 0.1) is 0 Å². The molecule has 0 bridgehead atoms. The van der Waals surface area contributed by atoms with Gasteiger partial charge in [0, 0.05) is 23.6 Å². The van der Waals surface area contributed by atoms with Crippen LogP contribution in [-0.2, 0) is 6.54 Å². The van der Waals surface area contributed by atoms with Crippen molar-refractivity contribution in [3.8, 4) is 23.1 Å². The normalized spacial score (nSPS) is 14.7. The van der Waals surface area contributed by atoms with Crippen molar-refractivity contribution in [1.82, 2.24) is 4.98 Å². The van der Waals surface area contributed by atoms with Crippen LogP contribution in [0.25, 0.3) is 0 Å². The molecule has 0 amide bonds. The molecule has 2 heterocycles. The Labute approximate surface area is 176 Å². The maximum Gasteiger partial charge on any atom is 0.306 e. The Morgan fingerprint density at radius 2 is 2.00 bits per heavy atom. The number of nitrogens with two attached hydrogens (primary N) is 1. The number of nitrogens with one attached hydrogen (secondary N) is 1. The SMILES string of the molecule is COc1ccccc1[C@H]1c2ccc(O)cc2Oc2nc[n+](CCC[NH+](C)C)c(N)c21. The van der Waals surface area contributed by atoms with Crippen molar-refractivity contribution in [3.63, 3.8) is 0 Å². The summed E-state index contributed by atoms with van der Waals surface area (Å²) in [7, 11) is 5.93. The number of rotatable bonds is 6. The average molecular weight is 409 g/mol. The van der Waals surface area contributed by atoms with Gasteiger partial charge >= 0.3 is 5.88 Å². The third kappa shape index (κ3) is 3.64. The molecule has 7 nitrogen and oxygen atoms in total. The molecule has 30 heavy (non-hydrogen) atoms. The number of anilines is 1. The molecule has 1 aliphatic heterocycles. The van der Waals surface area contributed by atoms with Crippen LogP contribution >= 0.6 is 0 Å². The highest BCUT2D eigenvalue weighted by molar-refractivity contribution is 5.63. The number of aromatic hydroxyl groups is 1. The van der Waals surface area contributed by atoms with E-state index in [9.17, 15) is 5.11 Å². The van der Waals surface area contributed by atoms with E-state index >= 15 is 0 Å². The van der Waals surface area contributed by atoms with E-state index in [2.05, 4.69) is 19.1 Å². The van der Waals surface area contributed by atoms with E-state index in [4.69, 9.17) is 15.2 Å². The van der Waals surface area contributed by atoms with Crippen molar-refractivity contribution in [2.45, 2.75) is 18.9 Å². The summed E-state index contributed by atoms with van der Waals surface area (Å²) in [6.07, 6.45) is 2.72. The number of fused-ring (bicyclic) bond motifs is 2. The molecule has 1 aromatic heterocycles. The topological polar surface area (TPSA) is 85.9 Å². The number of ether oxygens (including phenoxy) is 2. The molecule has 1 aliphatic rings. The van der Waals surface area contributed by atoms with Gasteiger partial charge in [0.2, 0.25) is 12.1 Å². The Morgan fingerprint density at radius 1 is 1.20 bits per heavy atom. The van der Waals surface area contributed by atoms with E-state index in [0.29, 0.717) is 17.4 Å². The number of nitrogen functional groups attached to an aromatic ring is 1. The molecule has 156 valence electrons. The Balaban J connectivity index is 1.86. The number of aryl methyl sites for hydroxylation is 1. The largest absolute Gasteiger partial charge is 0.508 e. The van der Waals surface area contributed by atoms with Crippen LogP contribution in [0.1, 0.15) is 29.0 Å². The monoisotopic (exact) mass is 408 g/mol. The highest BCUT2D eigenvalue weighted by Gasteiger charge is 2.37. The number of phenolic OH excluding ortho intramolecular Hbond substituents is 1. The van der Waals surface area contributed by atoms with E-state index in [-0.39, 0.29) is 11.7 Å². The van der Waals surface area contributed by atoms with Gasteiger partial charge in [-0.05, 0) is 12.1 Å². The third-order valence-corrected chi connectivity index (χ3v) is 5.46. The van der Waals surface area contributed by atoms with Crippen molar-refractivity contribution in [1.29, 1.82) is 0 Å². The van der Waals surface area contributed by atoms with Gasteiger partial charge in [-0.15, -0.1) is 0 Å². The van der Waals surface area contributed by atoms with Crippen molar-refractivity contribution >= 4 is 5.82 Å². The van der Waals surface area contributed by atoms with Gasteiger partial charge in [0.05, 0.1) is 40.2 Å². The number of hydrogen-bond donors (Lipinski definition) is 3. The number of para-hydroxylation sites is 1. The van der Waals surface area contributed by atoms with Gasteiger partial charge in [0.1, 0.15) is 22.8 Å². The van der Waals surface area contributed by atoms with Gasteiger partial charge in [0.15, 0.2) is 0 Å². The lowest BCUT2D eigenvalue weighted by molar-refractivity contribution is -0.861. The zero-order valence-electron chi connectivity index (χ0n) is 17.6. The molecule has 2 aromatic carbocycles. The Hall–Kier alpha value is -3.32. The first kappa shape index (κ1) is 20.0. The average Bonchev–Trinajstić information content (AvgIpc) is 2.73. The smallest absolute Gasteiger partial charge is 0.306 e. The fourth-order valence-electron chi connectivity index (χ4n) is 3.99. The summed E-state index contributed by atoms with van der Waals surface area (Å²) in [6, 6.07) is 13.0. The minimum absolute atomic E-state index is 0.140. The fraction of sp³-hybridized carbons (Fsp3) is 0.304. The van der Waals surface area contributed by atoms with E-state index < -0.39 is 0 Å². The molecule has 0 fully saturated rings. The lowest BCUT2D eigenvalue weighted by Gasteiger charge is -2.28. The molecule has 4 N–H and O–H groups in total. The molecule has 0 saturated heterocycles. The minimum atomic E-state index is -0.222. The van der Waals surface area contributed by atoms with Gasteiger partial charge in [0.25, 0.3) is 0 Å². The second-order valence-corrected chi connectivity index (χ2v) is 7.85. The number of methoxy groups -OCH3 is 1. The van der Waals surface area contributed by atoms with Crippen molar-refractivity contribution in [2.24, 2.45) is 0 Å². The van der Waals surface area contributed by atoms with E-state index in [1.165, 1.54) is 4.90 Å². The third-order valence-electron chi connectivity index (χ3n) is 5.46. The van der Waals surface area contributed by atoms with Crippen molar-refractivity contribution in [2.75, 3.05) is 33.5 Å². The molecule has 0 aliphatic carbocycles. The molecular formula is C23H28N4O3+2. The van der Waals surface area contributed by atoms with Crippen LogP contribution in [0.15, 0.2) is 48.8 Å². The first-order chi connectivity index (χ1) is 14.5. The van der Waals surface area contributed by atoms with E-state index in [0.717, 1.165) is 42.0 Å². The number of benzene rings is 2. The Kier molecular flexibility index (Phi) is 5.46. The van der Waals surface area contributed by atoms with Crippen molar-refractivity contribution in [3.05, 3.63) is 65.5 Å². The highest BCUT2D eigenvalue weighted by Crippen LogP contribution is 2.50. The Morgan fingerprint density at radius 3 is 2.77 bits per heavy atom. The summed E-state index contributed by atoms with van der Waals surface area (Å²) in [6.45, 7) is 1.82. The second kappa shape index (κ2) is 8.20. The molecule has 3 aromatic rings. The van der Waals surface area contributed by atoms with Gasteiger partial charge < -0.3 is 25.2 Å². The van der Waals surface area contributed by atoms with E-state index in [1.807, 2.05) is 34.9 Å². The van der Waals surface area contributed by atoms with Crippen LogP contribution in [0.2, 0.25) is 0 Å². The Bertz CT molecular complexity index is 1070. The van der Waals surface area contributed by atoms with E-state index in [1.54, 1.807) is 25.6 Å². The summed E-state index contributed by atoms with van der Waals surface area (Å²) in [5.41, 5.74) is 9.37. The van der Waals surface area contributed by atoms with Crippen LogP contribution in [0.5, 0.6) is 23.1 Å². The standard InChI is InChI=1S/C23H26N4O3/c1-26(2)11-6-12-27-14-25-23-21(22(27)24)20(16-7-4-5-8-18(16)29-3)17-10-9-15(28)13-19(17)30-23/h4-5,7-10,13-14,20,24,28H,6,11-12H2,1-3H3/p+2/t20-/m0/s1. The molecular weight excluding hydrogens is 380 g/mol. The summed E-state index contributed by atoms with van der Waals surface area (Å²) >= 11 is 0. The van der Waals surface area contributed by atoms with Crippen LogP contribution < -0.4 is 24.7 Å². The quantitative estimate of drug-likeness (QED) is 0.421. The lowest BCUT2D eigenvalue weighted by Crippen LogP contribution is -3.05. The van der Waals surface area contributed by atoms with Crippen LogP contribution in [0.3, 0.4) is 0 Å². The second-order valence-electron chi connectivity index (χ2n) is 7.85. The van der Waals surface area contributed by atoms with Gasteiger partial charge in [-0.2, -0.15) is 0 Å². The number of hydrogen-bond acceptors (Lipinski definition) is 5. The van der Waals surface area contributed by atoms with Gasteiger partial charge in [-0.25, -0.2) is 4.57 Å². The number of aromatic nitrogens is 2. The molecule has 4 rings (SSSR count). The molecule has 0 unspecified atom stereocenters. The molecule has 0 spiro atoms. The predicted molar refractivity (Wildman–Crippen MR) is 113 cm³/mol. The van der Waals surface area contributed by atoms with Crippen LogP contribution in [-0.4, -0.2) is 37.8 Å². The first-order valence-corrected chi connectivity index (χ1v) is 10.1. The summed E-state index contributed by atoms with van der Waals surface area (Å²) in [4.78, 5) is 5.96. The number of nitrogens with zero attached hydrogens (tertiary/aromatic N) is 2. The zero-order valence-corrected chi connectivity index (χ0v) is 17.6. The summed E-state index contributed by atoms with van der Waals surface area (Å²) in [5, 5.41) is 9.98. The maximum atomic E-state index is 9.98. The summed E-state index contributed by atoms with van der Waals surface area (Å²) < 4.78 is 13.7. The molecule has 0 radical (unpaired) electrons. The molecule has 0 saturated carbocycles. The minimum Gasteiger partial charge on any atom is -0.508 e. The molecule has 7 heteroatoms. The summed E-state index contributed by atoms with van der Waals surface area (Å²) in [5.74, 6) is 2.33. The maximum absolute atomic E-state index is 9.98. The van der Waals surface area contributed by atoms with Crippen molar-refractivity contribution < 1.29 is 24.0 Å². The highest BCUT2D eigenvalue weighted by atomic mass is 16.5.